The van der Waals surface area contributed by atoms with Crippen LogP contribution in [0, 0.1) is 5.82 Å². The number of nitrogens with one attached hydrogen (secondary N) is 1. The summed E-state index contributed by atoms with van der Waals surface area (Å²) in [6.45, 7) is 7.13. The molecule has 1 aliphatic rings. The van der Waals surface area contributed by atoms with Crippen molar-refractivity contribution >= 4 is 23.1 Å². The minimum atomic E-state index is -0.518. The lowest BCUT2D eigenvalue weighted by molar-refractivity contribution is 0.0293. The van der Waals surface area contributed by atoms with Crippen LogP contribution in [0.25, 0.3) is 11.0 Å². The second-order valence-electron chi connectivity index (χ2n) is 8.66. The molecule has 0 spiro atoms. The minimum Gasteiger partial charge on any atom is -0.444 e. The maximum absolute atomic E-state index is 14.3. The molecule has 1 atom stereocenters. The topological polar surface area (TPSA) is 59.4 Å². The van der Waals surface area contributed by atoms with Crippen LogP contribution < -0.4 is 5.32 Å². The molecule has 1 aromatic heterocycles. The van der Waals surface area contributed by atoms with Crippen LogP contribution in [0.5, 0.6) is 0 Å². The van der Waals surface area contributed by atoms with Crippen molar-refractivity contribution in [3.05, 3.63) is 59.9 Å². The Labute approximate surface area is 175 Å². The molecular formula is C23H27FN4O2. The van der Waals surface area contributed by atoms with Crippen molar-refractivity contribution in [1.82, 2.24) is 14.5 Å². The molecule has 1 N–H and O–H groups in total. The van der Waals surface area contributed by atoms with E-state index in [1.807, 2.05) is 55.7 Å². The quantitative estimate of drug-likeness (QED) is 0.680. The summed E-state index contributed by atoms with van der Waals surface area (Å²) in [6.07, 6.45) is 0.494. The highest BCUT2D eigenvalue weighted by Crippen LogP contribution is 2.24. The van der Waals surface area contributed by atoms with Gasteiger partial charge in [-0.1, -0.05) is 30.3 Å². The number of aromatic nitrogens is 2. The summed E-state index contributed by atoms with van der Waals surface area (Å²) < 4.78 is 21.8. The molecule has 0 bridgehead atoms. The maximum Gasteiger partial charge on any atom is 0.410 e. The number of imidazole rings is 1. The fourth-order valence-electron chi connectivity index (χ4n) is 3.70. The van der Waals surface area contributed by atoms with Gasteiger partial charge in [0, 0.05) is 24.7 Å². The number of ether oxygens (including phenoxy) is 1. The zero-order valence-corrected chi connectivity index (χ0v) is 17.6. The number of amides is 1. The van der Waals surface area contributed by atoms with Crippen molar-refractivity contribution in [2.24, 2.45) is 0 Å². The molecule has 3 aromatic rings. The number of hydrogen-bond donors (Lipinski definition) is 1. The molecule has 1 aliphatic heterocycles. The molecular weight excluding hydrogens is 383 g/mol. The van der Waals surface area contributed by atoms with Crippen molar-refractivity contribution in [1.29, 1.82) is 0 Å². The number of benzene rings is 2. The van der Waals surface area contributed by atoms with Gasteiger partial charge in [-0.3, -0.25) is 0 Å². The van der Waals surface area contributed by atoms with Crippen molar-refractivity contribution < 1.29 is 13.9 Å². The number of carbonyl (C=O) groups is 1. The van der Waals surface area contributed by atoms with Gasteiger partial charge >= 0.3 is 6.09 Å². The molecule has 1 saturated heterocycles. The van der Waals surface area contributed by atoms with Crippen molar-refractivity contribution in [2.75, 3.05) is 18.4 Å². The minimum absolute atomic E-state index is 0.0497. The Morgan fingerprint density at radius 2 is 1.93 bits per heavy atom. The third kappa shape index (κ3) is 4.40. The number of halogens is 1. The van der Waals surface area contributed by atoms with Gasteiger partial charge in [0.05, 0.1) is 17.6 Å². The van der Waals surface area contributed by atoms with Gasteiger partial charge in [-0.25, -0.2) is 14.2 Å². The zero-order valence-electron chi connectivity index (χ0n) is 17.6. The van der Waals surface area contributed by atoms with E-state index < -0.39 is 5.60 Å². The van der Waals surface area contributed by atoms with Gasteiger partial charge in [-0.05, 0) is 45.4 Å². The Balaban J connectivity index is 1.55. The normalized spacial score (nSPS) is 16.8. The lowest BCUT2D eigenvalue weighted by Crippen LogP contribution is -2.36. The van der Waals surface area contributed by atoms with Gasteiger partial charge in [-0.2, -0.15) is 0 Å². The van der Waals surface area contributed by atoms with Crippen LogP contribution >= 0.6 is 0 Å². The molecule has 7 heteroatoms. The summed E-state index contributed by atoms with van der Waals surface area (Å²) in [5.41, 5.74) is 1.87. The molecule has 2 aromatic carbocycles. The van der Waals surface area contributed by atoms with Gasteiger partial charge in [0.15, 0.2) is 0 Å². The maximum atomic E-state index is 14.3. The summed E-state index contributed by atoms with van der Waals surface area (Å²) in [4.78, 5) is 18.8. The number of carbonyl (C=O) groups excluding carboxylic acids is 1. The first-order valence-electron chi connectivity index (χ1n) is 10.2. The van der Waals surface area contributed by atoms with Gasteiger partial charge in [0.1, 0.15) is 11.4 Å². The predicted octanol–water partition coefficient (Wildman–Crippen LogP) is 4.65. The average Bonchev–Trinajstić information content (AvgIpc) is 3.28. The van der Waals surface area contributed by atoms with Gasteiger partial charge in [-0.15, -0.1) is 0 Å². The molecule has 1 fully saturated rings. The van der Waals surface area contributed by atoms with E-state index in [-0.39, 0.29) is 18.0 Å². The van der Waals surface area contributed by atoms with E-state index in [0.717, 1.165) is 17.5 Å². The van der Waals surface area contributed by atoms with Crippen molar-refractivity contribution in [3.63, 3.8) is 0 Å². The fourth-order valence-corrected chi connectivity index (χ4v) is 3.70. The lowest BCUT2D eigenvalue weighted by atomic mass is 10.2. The van der Waals surface area contributed by atoms with Crippen LogP contribution in [0.2, 0.25) is 0 Å². The van der Waals surface area contributed by atoms with E-state index in [1.165, 1.54) is 6.07 Å². The van der Waals surface area contributed by atoms with Gasteiger partial charge in [0.2, 0.25) is 5.95 Å². The van der Waals surface area contributed by atoms with Gasteiger partial charge < -0.3 is 19.5 Å². The number of likely N-dealkylation sites (tertiary alicyclic amines) is 1. The largest absolute Gasteiger partial charge is 0.444 e. The first-order valence-corrected chi connectivity index (χ1v) is 10.2. The second-order valence-corrected chi connectivity index (χ2v) is 8.66. The Morgan fingerprint density at radius 1 is 1.20 bits per heavy atom. The molecule has 1 unspecified atom stereocenters. The second kappa shape index (κ2) is 7.97. The standard InChI is InChI=1S/C23H27FN4O2/c1-23(2,3)30-22(29)27-13-12-17(15-27)25-21-26-19-10-6-7-11-20(19)28(21)14-16-8-4-5-9-18(16)24/h4-11,17H,12-15H2,1-3H3,(H,25,26). The van der Waals surface area contributed by atoms with Crippen molar-refractivity contribution in [2.45, 2.75) is 45.4 Å². The Bertz CT molecular complexity index is 1060. The van der Waals surface area contributed by atoms with Crippen LogP contribution in [-0.4, -0.2) is 45.3 Å². The third-order valence-electron chi connectivity index (χ3n) is 5.11. The Kier molecular flexibility index (Phi) is 5.37. The molecule has 2 heterocycles. The molecule has 6 nitrogen and oxygen atoms in total. The van der Waals surface area contributed by atoms with Crippen LogP contribution in [0.15, 0.2) is 48.5 Å². The molecule has 0 saturated carbocycles. The van der Waals surface area contributed by atoms with E-state index in [0.29, 0.717) is 31.1 Å². The van der Waals surface area contributed by atoms with Crippen LogP contribution in [0.3, 0.4) is 0 Å². The van der Waals surface area contributed by atoms with Crippen LogP contribution in [0.4, 0.5) is 15.1 Å². The molecule has 0 radical (unpaired) electrons. The van der Waals surface area contributed by atoms with E-state index >= 15 is 0 Å². The number of fused-ring (bicyclic) bond motifs is 1. The number of anilines is 1. The number of rotatable bonds is 4. The summed E-state index contributed by atoms with van der Waals surface area (Å²) >= 11 is 0. The number of nitrogens with zero attached hydrogens (tertiary/aromatic N) is 3. The Hall–Kier alpha value is -3.09. The smallest absolute Gasteiger partial charge is 0.410 e. The summed E-state index contributed by atoms with van der Waals surface area (Å²) in [6, 6.07) is 14.6. The zero-order chi connectivity index (χ0) is 21.3. The number of para-hydroxylation sites is 2. The van der Waals surface area contributed by atoms with Crippen LogP contribution in [-0.2, 0) is 11.3 Å². The SMILES string of the molecule is CC(C)(C)OC(=O)N1CCC(Nc2nc3ccccc3n2Cc2ccccc2F)C1. The van der Waals surface area contributed by atoms with E-state index in [2.05, 4.69) is 5.32 Å². The average molecular weight is 410 g/mol. The van der Waals surface area contributed by atoms with E-state index in [9.17, 15) is 9.18 Å². The lowest BCUT2D eigenvalue weighted by Gasteiger charge is -2.24. The third-order valence-corrected chi connectivity index (χ3v) is 5.11. The first kappa shape index (κ1) is 20.2. The van der Waals surface area contributed by atoms with Crippen LogP contribution in [0.1, 0.15) is 32.8 Å². The number of hydrogen-bond acceptors (Lipinski definition) is 4. The molecule has 30 heavy (non-hydrogen) atoms. The highest BCUT2D eigenvalue weighted by atomic mass is 19.1. The predicted molar refractivity (Wildman–Crippen MR) is 115 cm³/mol. The monoisotopic (exact) mass is 410 g/mol. The van der Waals surface area contributed by atoms with Gasteiger partial charge in [0.25, 0.3) is 0 Å². The Morgan fingerprint density at radius 3 is 2.70 bits per heavy atom. The highest BCUT2D eigenvalue weighted by Gasteiger charge is 2.30. The molecule has 4 rings (SSSR count). The fraction of sp³-hybridized carbons (Fsp3) is 0.391. The highest BCUT2D eigenvalue weighted by molar-refractivity contribution is 5.79. The summed E-state index contributed by atoms with van der Waals surface area (Å²) in [5, 5.41) is 3.47. The first-order chi connectivity index (χ1) is 14.3. The summed E-state index contributed by atoms with van der Waals surface area (Å²) in [5.74, 6) is 0.439. The van der Waals surface area contributed by atoms with Crippen molar-refractivity contribution in [3.8, 4) is 0 Å². The molecule has 1 amide bonds. The van der Waals surface area contributed by atoms with E-state index in [1.54, 1.807) is 17.0 Å². The summed E-state index contributed by atoms with van der Waals surface area (Å²) in [7, 11) is 0. The molecule has 158 valence electrons. The van der Waals surface area contributed by atoms with E-state index in [4.69, 9.17) is 9.72 Å². The molecule has 0 aliphatic carbocycles.